The molecule has 1 atom stereocenters. The lowest BCUT2D eigenvalue weighted by Crippen LogP contribution is -2.26. The first-order valence-electron chi connectivity index (χ1n) is 5.30. The van der Waals surface area contributed by atoms with Crippen molar-refractivity contribution in [3.63, 3.8) is 0 Å². The number of alkyl halides is 3. The molecule has 0 bridgehead atoms. The van der Waals surface area contributed by atoms with Crippen molar-refractivity contribution in [1.29, 1.82) is 0 Å². The lowest BCUT2D eigenvalue weighted by Gasteiger charge is -2.13. The van der Waals surface area contributed by atoms with Crippen LogP contribution in [0.25, 0.3) is 0 Å². The van der Waals surface area contributed by atoms with Crippen LogP contribution in [0.3, 0.4) is 0 Å². The molecule has 3 nitrogen and oxygen atoms in total. The first-order chi connectivity index (χ1) is 7.48. The van der Waals surface area contributed by atoms with Crippen LogP contribution in [-0.4, -0.2) is 22.4 Å². The van der Waals surface area contributed by atoms with Gasteiger partial charge in [0.05, 0.1) is 17.5 Å². The van der Waals surface area contributed by atoms with Gasteiger partial charge in [0.2, 0.25) is 0 Å². The molecule has 0 spiro atoms. The molecule has 90 valence electrons. The lowest BCUT2D eigenvalue weighted by atomic mass is 10.1. The van der Waals surface area contributed by atoms with Crippen LogP contribution in [0.4, 0.5) is 13.2 Å². The molecule has 1 unspecified atom stereocenters. The summed E-state index contributed by atoms with van der Waals surface area (Å²) in [5, 5.41) is 6.89. The second kappa shape index (κ2) is 4.08. The van der Waals surface area contributed by atoms with Crippen LogP contribution >= 0.6 is 0 Å². The molecule has 6 heteroatoms. The van der Waals surface area contributed by atoms with E-state index in [-0.39, 0.29) is 11.7 Å². The summed E-state index contributed by atoms with van der Waals surface area (Å²) in [4.78, 5) is 0. The van der Waals surface area contributed by atoms with Crippen molar-refractivity contribution in [2.24, 2.45) is 7.05 Å². The predicted molar refractivity (Wildman–Crippen MR) is 52.9 cm³/mol. The van der Waals surface area contributed by atoms with E-state index >= 15 is 0 Å². The summed E-state index contributed by atoms with van der Waals surface area (Å²) in [6.45, 7) is 0.893. The van der Waals surface area contributed by atoms with Crippen molar-refractivity contribution in [2.45, 2.75) is 31.5 Å². The molecular weight excluding hydrogens is 219 g/mol. The summed E-state index contributed by atoms with van der Waals surface area (Å²) in [6, 6.07) is 0.150. The number of aryl methyl sites for hydroxylation is 1. The highest BCUT2D eigenvalue weighted by Crippen LogP contribution is 2.32. The first-order valence-corrected chi connectivity index (χ1v) is 5.30. The Balaban J connectivity index is 2.21. The van der Waals surface area contributed by atoms with Crippen molar-refractivity contribution in [2.75, 3.05) is 6.54 Å². The van der Waals surface area contributed by atoms with E-state index in [4.69, 9.17) is 0 Å². The van der Waals surface area contributed by atoms with Gasteiger partial charge in [0.25, 0.3) is 0 Å². The third-order valence-electron chi connectivity index (χ3n) is 2.97. The van der Waals surface area contributed by atoms with Crippen LogP contribution < -0.4 is 5.32 Å². The van der Waals surface area contributed by atoms with Gasteiger partial charge in [0.15, 0.2) is 0 Å². The molecule has 1 N–H and O–H groups in total. The molecule has 1 aromatic rings. The maximum Gasteiger partial charge on any atom is 0.419 e. The fourth-order valence-corrected chi connectivity index (χ4v) is 2.11. The Labute approximate surface area is 91.6 Å². The van der Waals surface area contributed by atoms with E-state index in [1.54, 1.807) is 7.05 Å². The van der Waals surface area contributed by atoms with E-state index in [1.807, 2.05) is 0 Å². The number of aromatic nitrogens is 2. The van der Waals surface area contributed by atoms with E-state index in [0.29, 0.717) is 6.42 Å². The SMILES string of the molecule is Cn1ncc(C(F)(F)F)c1CC1CCCN1. The Bertz CT molecular complexity index is 364. The molecule has 16 heavy (non-hydrogen) atoms. The molecule has 0 aliphatic carbocycles. The molecular formula is C10H14F3N3. The highest BCUT2D eigenvalue weighted by Gasteiger charge is 2.36. The summed E-state index contributed by atoms with van der Waals surface area (Å²) in [5.41, 5.74) is -0.337. The van der Waals surface area contributed by atoms with Crippen LogP contribution in [0.1, 0.15) is 24.1 Å². The topological polar surface area (TPSA) is 29.9 Å². The number of hydrogen-bond donors (Lipinski definition) is 1. The molecule has 0 saturated carbocycles. The Morgan fingerprint density at radius 3 is 2.88 bits per heavy atom. The lowest BCUT2D eigenvalue weighted by molar-refractivity contribution is -0.138. The molecule has 1 saturated heterocycles. The smallest absolute Gasteiger partial charge is 0.314 e. The van der Waals surface area contributed by atoms with E-state index in [1.165, 1.54) is 4.68 Å². The van der Waals surface area contributed by atoms with E-state index in [0.717, 1.165) is 25.6 Å². The normalized spacial score (nSPS) is 21.6. The highest BCUT2D eigenvalue weighted by molar-refractivity contribution is 5.22. The van der Waals surface area contributed by atoms with Crippen molar-refractivity contribution in [3.8, 4) is 0 Å². The van der Waals surface area contributed by atoms with Crippen molar-refractivity contribution < 1.29 is 13.2 Å². The third-order valence-corrected chi connectivity index (χ3v) is 2.97. The van der Waals surface area contributed by atoms with Crippen LogP contribution in [0.5, 0.6) is 0 Å². The van der Waals surface area contributed by atoms with Gasteiger partial charge < -0.3 is 5.32 Å². The van der Waals surface area contributed by atoms with Gasteiger partial charge in [-0.15, -0.1) is 0 Å². The Hall–Kier alpha value is -1.04. The molecule has 1 aliphatic heterocycles. The number of nitrogens with zero attached hydrogens (tertiary/aromatic N) is 2. The number of rotatable bonds is 2. The highest BCUT2D eigenvalue weighted by atomic mass is 19.4. The summed E-state index contributed by atoms with van der Waals surface area (Å²) in [5.74, 6) is 0. The van der Waals surface area contributed by atoms with Gasteiger partial charge in [0.1, 0.15) is 0 Å². The minimum Gasteiger partial charge on any atom is -0.314 e. The fraction of sp³-hybridized carbons (Fsp3) is 0.700. The largest absolute Gasteiger partial charge is 0.419 e. The average Bonchev–Trinajstić information content (AvgIpc) is 2.76. The minimum atomic E-state index is -4.30. The zero-order valence-electron chi connectivity index (χ0n) is 9.01. The van der Waals surface area contributed by atoms with Gasteiger partial charge in [-0.05, 0) is 19.4 Å². The van der Waals surface area contributed by atoms with Gasteiger partial charge in [-0.1, -0.05) is 0 Å². The summed E-state index contributed by atoms with van der Waals surface area (Å²) < 4.78 is 39.3. The standard InChI is InChI=1S/C10H14F3N3/c1-16-9(5-7-3-2-4-14-7)8(6-15-16)10(11,12)13/h6-7,14H,2-5H2,1H3. The van der Waals surface area contributed by atoms with E-state index in [2.05, 4.69) is 10.4 Å². The van der Waals surface area contributed by atoms with E-state index < -0.39 is 11.7 Å². The maximum atomic E-state index is 12.7. The first kappa shape index (κ1) is 11.4. The van der Waals surface area contributed by atoms with Crippen molar-refractivity contribution in [3.05, 3.63) is 17.5 Å². The molecule has 0 aromatic carbocycles. The Kier molecular flexibility index (Phi) is 2.92. The van der Waals surface area contributed by atoms with Gasteiger partial charge in [-0.25, -0.2) is 0 Å². The second-order valence-electron chi connectivity index (χ2n) is 4.12. The average molecular weight is 233 g/mol. The molecule has 1 aliphatic rings. The minimum absolute atomic E-state index is 0.150. The predicted octanol–water partition coefficient (Wildman–Crippen LogP) is 1.73. The molecule has 1 aromatic heterocycles. The molecule has 2 rings (SSSR count). The van der Waals surface area contributed by atoms with Crippen molar-refractivity contribution >= 4 is 0 Å². The second-order valence-corrected chi connectivity index (χ2v) is 4.12. The van der Waals surface area contributed by atoms with E-state index in [9.17, 15) is 13.2 Å². The zero-order chi connectivity index (χ0) is 11.8. The van der Waals surface area contributed by atoms with Gasteiger partial charge in [0, 0.05) is 19.5 Å². The van der Waals surface area contributed by atoms with Gasteiger partial charge in [-0.2, -0.15) is 18.3 Å². The van der Waals surface area contributed by atoms with Gasteiger partial charge in [-0.3, -0.25) is 4.68 Å². The molecule has 1 fully saturated rings. The quantitative estimate of drug-likeness (QED) is 0.843. The number of hydrogen-bond acceptors (Lipinski definition) is 2. The molecule has 0 amide bonds. The van der Waals surface area contributed by atoms with Crippen LogP contribution in [-0.2, 0) is 19.6 Å². The third kappa shape index (κ3) is 2.21. The summed E-state index contributed by atoms with van der Waals surface area (Å²) in [7, 11) is 1.56. The van der Waals surface area contributed by atoms with Crippen LogP contribution in [0.2, 0.25) is 0 Å². The molecule has 2 heterocycles. The van der Waals surface area contributed by atoms with Crippen LogP contribution in [0, 0.1) is 0 Å². The fourth-order valence-electron chi connectivity index (χ4n) is 2.11. The summed E-state index contributed by atoms with van der Waals surface area (Å²) >= 11 is 0. The number of halogens is 3. The maximum absolute atomic E-state index is 12.7. The summed E-state index contributed by atoms with van der Waals surface area (Å²) in [6.07, 6.45) is -1.04. The monoisotopic (exact) mass is 233 g/mol. The Morgan fingerprint density at radius 2 is 2.31 bits per heavy atom. The molecule has 0 radical (unpaired) electrons. The zero-order valence-corrected chi connectivity index (χ0v) is 9.01. The van der Waals surface area contributed by atoms with Gasteiger partial charge >= 0.3 is 6.18 Å². The Morgan fingerprint density at radius 1 is 1.56 bits per heavy atom. The van der Waals surface area contributed by atoms with Crippen molar-refractivity contribution in [1.82, 2.24) is 15.1 Å². The van der Waals surface area contributed by atoms with Crippen LogP contribution in [0.15, 0.2) is 6.20 Å². The number of nitrogens with one attached hydrogen (secondary N) is 1.